The third-order valence-electron chi connectivity index (χ3n) is 4.90. The second-order valence-electron chi connectivity index (χ2n) is 6.79. The first-order valence-corrected chi connectivity index (χ1v) is 10.4. The highest BCUT2D eigenvalue weighted by Gasteiger charge is 2.23. The van der Waals surface area contributed by atoms with E-state index in [0.29, 0.717) is 11.7 Å². The molecule has 0 unspecified atom stereocenters. The molecule has 2 heterocycles. The molecule has 2 N–H and O–H groups in total. The summed E-state index contributed by atoms with van der Waals surface area (Å²) in [6.45, 7) is 4.09. The molecular formula is C20H22ClN4O2S+. The Labute approximate surface area is 172 Å². The highest BCUT2D eigenvalue weighted by molar-refractivity contribution is 7.22. The Balaban J connectivity index is 1.31. The molecule has 3 aromatic rings. The number of rotatable bonds is 5. The van der Waals surface area contributed by atoms with E-state index in [1.807, 2.05) is 36.4 Å². The number of ether oxygens (including phenoxy) is 1. The first kappa shape index (κ1) is 19.0. The monoisotopic (exact) mass is 417 g/mol. The third-order valence-corrected chi connectivity index (χ3v) is 6.07. The fourth-order valence-electron chi connectivity index (χ4n) is 3.41. The summed E-state index contributed by atoms with van der Waals surface area (Å²) in [5, 5.41) is 4.32. The number of piperazine rings is 1. The number of hydrogen-bond acceptors (Lipinski definition) is 5. The number of fused-ring (bicyclic) bond motifs is 1. The van der Waals surface area contributed by atoms with Crippen LogP contribution in [-0.2, 0) is 4.79 Å². The maximum atomic E-state index is 12.5. The maximum absolute atomic E-state index is 12.5. The number of amides is 1. The molecule has 0 radical (unpaired) electrons. The van der Waals surface area contributed by atoms with Crippen molar-refractivity contribution in [3.8, 4) is 5.75 Å². The smallest absolute Gasteiger partial charge is 0.281 e. The van der Waals surface area contributed by atoms with Gasteiger partial charge in [0.1, 0.15) is 5.75 Å². The average molecular weight is 418 g/mol. The number of halogens is 1. The molecule has 4 rings (SSSR count). The lowest BCUT2D eigenvalue weighted by molar-refractivity contribution is -0.892. The fraction of sp³-hybridized carbons (Fsp3) is 0.300. The standard InChI is InChI=1S/C20H21ClN4O2S/c1-27-16-5-6-17-18(12-16)28-20(22-17)23-19(26)13-24-7-9-25(10-8-24)15-4-2-3-14(21)11-15/h2-6,11-12H,7-10,13H2,1H3,(H,22,23,26)/p+1. The number of benzene rings is 2. The fourth-order valence-corrected chi connectivity index (χ4v) is 4.50. The topological polar surface area (TPSA) is 58.9 Å². The molecule has 28 heavy (non-hydrogen) atoms. The largest absolute Gasteiger partial charge is 0.497 e. The zero-order valence-electron chi connectivity index (χ0n) is 15.6. The normalized spacial score (nSPS) is 15.0. The summed E-state index contributed by atoms with van der Waals surface area (Å²) in [5.74, 6) is 0.785. The number of aromatic nitrogens is 1. The molecule has 0 aliphatic carbocycles. The SMILES string of the molecule is COc1ccc2nc(NC(=O)C[NH+]3CCN(c4cccc(Cl)c4)CC3)sc2c1. The highest BCUT2D eigenvalue weighted by atomic mass is 35.5. The molecule has 0 spiro atoms. The Morgan fingerprint density at radius 1 is 1.29 bits per heavy atom. The van der Waals surface area contributed by atoms with E-state index in [4.69, 9.17) is 16.3 Å². The minimum atomic E-state index is -0.00257. The molecule has 1 aliphatic heterocycles. The van der Waals surface area contributed by atoms with Crippen molar-refractivity contribution >= 4 is 49.9 Å². The van der Waals surface area contributed by atoms with E-state index in [0.717, 1.165) is 52.9 Å². The minimum Gasteiger partial charge on any atom is -0.497 e. The van der Waals surface area contributed by atoms with Crippen molar-refractivity contribution in [3.05, 3.63) is 47.5 Å². The number of methoxy groups -OCH3 is 1. The van der Waals surface area contributed by atoms with Crippen molar-refractivity contribution < 1.29 is 14.4 Å². The zero-order valence-corrected chi connectivity index (χ0v) is 17.1. The number of anilines is 2. The summed E-state index contributed by atoms with van der Waals surface area (Å²) in [7, 11) is 1.64. The van der Waals surface area contributed by atoms with E-state index in [9.17, 15) is 4.79 Å². The summed E-state index contributed by atoms with van der Waals surface area (Å²) >= 11 is 7.55. The summed E-state index contributed by atoms with van der Waals surface area (Å²) < 4.78 is 6.23. The molecule has 1 aromatic heterocycles. The Hall–Kier alpha value is -2.35. The van der Waals surface area contributed by atoms with Gasteiger partial charge in [0.25, 0.3) is 5.91 Å². The maximum Gasteiger partial charge on any atom is 0.281 e. The summed E-state index contributed by atoms with van der Waals surface area (Å²) in [6, 6.07) is 13.6. The van der Waals surface area contributed by atoms with Crippen molar-refractivity contribution in [1.82, 2.24) is 4.98 Å². The number of carbonyl (C=O) groups is 1. The van der Waals surface area contributed by atoms with E-state index >= 15 is 0 Å². The second-order valence-corrected chi connectivity index (χ2v) is 8.26. The molecule has 0 bridgehead atoms. The Morgan fingerprint density at radius 2 is 2.11 bits per heavy atom. The number of hydrogen-bond donors (Lipinski definition) is 2. The molecule has 0 saturated carbocycles. The van der Waals surface area contributed by atoms with Crippen LogP contribution in [0.25, 0.3) is 10.2 Å². The van der Waals surface area contributed by atoms with Crippen LogP contribution in [0.4, 0.5) is 10.8 Å². The Bertz CT molecular complexity index is 985. The van der Waals surface area contributed by atoms with Crippen LogP contribution in [0.5, 0.6) is 5.75 Å². The minimum absolute atomic E-state index is 0.00257. The van der Waals surface area contributed by atoms with Crippen LogP contribution in [-0.4, -0.2) is 50.7 Å². The van der Waals surface area contributed by atoms with Crippen molar-refractivity contribution in [2.75, 3.05) is 50.1 Å². The van der Waals surface area contributed by atoms with Crippen LogP contribution >= 0.6 is 22.9 Å². The van der Waals surface area contributed by atoms with Gasteiger partial charge in [0.05, 0.1) is 43.5 Å². The first-order chi connectivity index (χ1) is 13.6. The molecule has 1 saturated heterocycles. The molecular weight excluding hydrogens is 396 g/mol. The van der Waals surface area contributed by atoms with Gasteiger partial charge >= 0.3 is 0 Å². The van der Waals surface area contributed by atoms with Crippen LogP contribution in [0, 0.1) is 0 Å². The molecule has 6 nitrogen and oxygen atoms in total. The summed E-state index contributed by atoms with van der Waals surface area (Å²) in [6.07, 6.45) is 0. The van der Waals surface area contributed by atoms with Gasteiger partial charge in [-0.15, -0.1) is 0 Å². The van der Waals surface area contributed by atoms with Gasteiger partial charge in [-0.3, -0.25) is 10.1 Å². The Morgan fingerprint density at radius 3 is 2.86 bits per heavy atom. The van der Waals surface area contributed by atoms with Crippen molar-refractivity contribution in [2.45, 2.75) is 0 Å². The van der Waals surface area contributed by atoms with Gasteiger partial charge in [0.2, 0.25) is 0 Å². The summed E-state index contributed by atoms with van der Waals surface area (Å²) in [4.78, 5) is 20.5. The zero-order chi connectivity index (χ0) is 19.5. The number of nitrogens with zero attached hydrogens (tertiary/aromatic N) is 2. The van der Waals surface area contributed by atoms with Gasteiger partial charge < -0.3 is 14.5 Å². The molecule has 146 valence electrons. The van der Waals surface area contributed by atoms with Crippen LogP contribution in [0.15, 0.2) is 42.5 Å². The number of nitrogens with one attached hydrogen (secondary N) is 2. The number of thiazole rings is 1. The lowest BCUT2D eigenvalue weighted by Gasteiger charge is -2.33. The van der Waals surface area contributed by atoms with Crippen LogP contribution in [0.1, 0.15) is 0 Å². The van der Waals surface area contributed by atoms with E-state index in [-0.39, 0.29) is 5.91 Å². The van der Waals surface area contributed by atoms with Gasteiger partial charge in [-0.2, -0.15) is 0 Å². The lowest BCUT2D eigenvalue weighted by Crippen LogP contribution is -3.15. The van der Waals surface area contributed by atoms with Gasteiger partial charge in [-0.1, -0.05) is 29.0 Å². The van der Waals surface area contributed by atoms with E-state index in [1.165, 1.54) is 16.2 Å². The van der Waals surface area contributed by atoms with Gasteiger partial charge in [-0.25, -0.2) is 4.98 Å². The van der Waals surface area contributed by atoms with Crippen molar-refractivity contribution in [1.29, 1.82) is 0 Å². The molecule has 8 heteroatoms. The molecule has 0 atom stereocenters. The predicted molar refractivity (Wildman–Crippen MR) is 114 cm³/mol. The molecule has 1 amide bonds. The third kappa shape index (κ3) is 4.38. The predicted octanol–water partition coefficient (Wildman–Crippen LogP) is 2.30. The molecule has 1 aliphatic rings. The van der Waals surface area contributed by atoms with E-state index in [2.05, 4.69) is 21.3 Å². The van der Waals surface area contributed by atoms with Crippen LogP contribution in [0.3, 0.4) is 0 Å². The van der Waals surface area contributed by atoms with Gasteiger partial charge in [-0.05, 0) is 36.4 Å². The number of carbonyl (C=O) groups excluding carboxylic acids is 1. The van der Waals surface area contributed by atoms with Crippen LogP contribution in [0.2, 0.25) is 5.02 Å². The highest BCUT2D eigenvalue weighted by Crippen LogP contribution is 2.29. The summed E-state index contributed by atoms with van der Waals surface area (Å²) in [5.41, 5.74) is 2.00. The second kappa shape index (κ2) is 8.34. The molecule has 1 fully saturated rings. The quantitative estimate of drug-likeness (QED) is 0.668. The lowest BCUT2D eigenvalue weighted by atomic mass is 10.2. The molecule has 2 aromatic carbocycles. The van der Waals surface area contributed by atoms with E-state index in [1.54, 1.807) is 7.11 Å². The number of quaternary nitrogens is 1. The van der Waals surface area contributed by atoms with Gasteiger partial charge in [0.15, 0.2) is 11.7 Å². The van der Waals surface area contributed by atoms with Crippen molar-refractivity contribution in [2.24, 2.45) is 0 Å². The van der Waals surface area contributed by atoms with E-state index < -0.39 is 0 Å². The Kier molecular flexibility index (Phi) is 5.66. The van der Waals surface area contributed by atoms with Crippen molar-refractivity contribution in [3.63, 3.8) is 0 Å². The van der Waals surface area contributed by atoms with Crippen LogP contribution < -0.4 is 19.9 Å². The first-order valence-electron chi connectivity index (χ1n) is 9.19. The average Bonchev–Trinajstić information content (AvgIpc) is 3.09. The van der Waals surface area contributed by atoms with Gasteiger partial charge in [0, 0.05) is 10.7 Å².